The lowest BCUT2D eigenvalue weighted by Crippen LogP contribution is -2.33. The number of oxime groups is 1. The minimum Gasteiger partial charge on any atom is -0.409 e. The van der Waals surface area contributed by atoms with E-state index in [-0.39, 0.29) is 5.84 Å². The summed E-state index contributed by atoms with van der Waals surface area (Å²) in [5, 5.41) is 11.1. The Morgan fingerprint density at radius 2 is 2.00 bits per heavy atom. The zero-order chi connectivity index (χ0) is 7.98. The topological polar surface area (TPSA) is 61.8 Å². The lowest BCUT2D eigenvalue weighted by Gasteiger charge is -2.15. The van der Waals surface area contributed by atoms with Crippen LogP contribution >= 0.6 is 0 Å². The molecule has 0 bridgehead atoms. The quantitative estimate of drug-likeness (QED) is 0.255. The first kappa shape index (κ1) is 9.23. The molecule has 0 aliphatic carbocycles. The summed E-state index contributed by atoms with van der Waals surface area (Å²) in [4.78, 5) is 2.06. The van der Waals surface area contributed by atoms with Crippen LogP contribution in [0, 0.1) is 0 Å². The van der Waals surface area contributed by atoms with Gasteiger partial charge < -0.3 is 10.9 Å². The van der Waals surface area contributed by atoms with Gasteiger partial charge in [0.25, 0.3) is 0 Å². The Bertz CT molecular complexity index is 110. The highest BCUT2D eigenvalue weighted by molar-refractivity contribution is 5.81. The molecule has 0 heterocycles. The molecule has 10 heavy (non-hydrogen) atoms. The third kappa shape index (κ3) is 3.29. The van der Waals surface area contributed by atoms with Gasteiger partial charge in [-0.15, -0.1) is 0 Å². The van der Waals surface area contributed by atoms with Crippen molar-refractivity contribution < 1.29 is 5.21 Å². The highest BCUT2D eigenvalue weighted by Crippen LogP contribution is 1.84. The molecular formula is C6H15N3O. The van der Waals surface area contributed by atoms with Gasteiger partial charge in [-0.25, -0.2) is 0 Å². The van der Waals surface area contributed by atoms with Crippen LogP contribution in [0.15, 0.2) is 5.16 Å². The third-order valence-corrected chi connectivity index (χ3v) is 1.41. The molecule has 0 saturated carbocycles. The van der Waals surface area contributed by atoms with Crippen LogP contribution < -0.4 is 5.73 Å². The maximum absolute atomic E-state index is 8.21. The second kappa shape index (κ2) is 5.05. The molecule has 60 valence electrons. The molecule has 0 rings (SSSR count). The van der Waals surface area contributed by atoms with Crippen molar-refractivity contribution in [3.63, 3.8) is 0 Å². The number of hydrogen-bond donors (Lipinski definition) is 2. The first-order chi connectivity index (χ1) is 4.74. The first-order valence-corrected chi connectivity index (χ1v) is 3.43. The van der Waals surface area contributed by atoms with Gasteiger partial charge in [0.1, 0.15) is 0 Å². The number of nitrogens with zero attached hydrogens (tertiary/aromatic N) is 2. The van der Waals surface area contributed by atoms with Crippen LogP contribution in [0.1, 0.15) is 13.8 Å². The summed E-state index contributed by atoms with van der Waals surface area (Å²) in [7, 11) is 0. The molecule has 0 aromatic carbocycles. The number of hydrogen-bond acceptors (Lipinski definition) is 3. The summed E-state index contributed by atoms with van der Waals surface area (Å²) in [6.45, 7) is 6.46. The van der Waals surface area contributed by atoms with Crippen molar-refractivity contribution in [1.29, 1.82) is 0 Å². The number of amidine groups is 1. The average molecular weight is 145 g/mol. The second-order valence-electron chi connectivity index (χ2n) is 2.05. The second-order valence-corrected chi connectivity index (χ2v) is 2.05. The van der Waals surface area contributed by atoms with E-state index in [4.69, 9.17) is 10.9 Å². The predicted molar refractivity (Wildman–Crippen MR) is 41.2 cm³/mol. The van der Waals surface area contributed by atoms with E-state index in [1.165, 1.54) is 0 Å². The number of nitrogens with two attached hydrogens (primary N) is 1. The summed E-state index contributed by atoms with van der Waals surface area (Å²) >= 11 is 0. The molecule has 4 nitrogen and oxygen atoms in total. The Morgan fingerprint density at radius 1 is 1.50 bits per heavy atom. The van der Waals surface area contributed by atoms with Crippen molar-refractivity contribution in [3.8, 4) is 0 Å². The summed E-state index contributed by atoms with van der Waals surface area (Å²) < 4.78 is 0. The molecule has 0 unspecified atom stereocenters. The van der Waals surface area contributed by atoms with Gasteiger partial charge in [0.05, 0.1) is 6.54 Å². The van der Waals surface area contributed by atoms with E-state index in [2.05, 4.69) is 10.1 Å². The molecule has 0 radical (unpaired) electrons. The normalized spacial score (nSPS) is 12.5. The summed E-state index contributed by atoms with van der Waals surface area (Å²) in [6.07, 6.45) is 0. The molecule has 0 aromatic heterocycles. The van der Waals surface area contributed by atoms with Gasteiger partial charge in [-0.05, 0) is 13.1 Å². The summed E-state index contributed by atoms with van der Waals surface area (Å²) in [5.41, 5.74) is 5.28. The van der Waals surface area contributed by atoms with Crippen molar-refractivity contribution in [3.05, 3.63) is 0 Å². The van der Waals surface area contributed by atoms with Crippen LogP contribution in [0.4, 0.5) is 0 Å². The lowest BCUT2D eigenvalue weighted by atomic mass is 10.4. The van der Waals surface area contributed by atoms with Crippen molar-refractivity contribution in [1.82, 2.24) is 4.90 Å². The molecule has 0 aliphatic rings. The standard InChI is InChI=1S/C6H15N3O/c1-3-9(4-2)5-6(7)8-10/h10H,3-5H2,1-2H3,(H2,7,8). The Labute approximate surface area is 61.3 Å². The zero-order valence-electron chi connectivity index (χ0n) is 6.54. The highest BCUT2D eigenvalue weighted by Gasteiger charge is 2.00. The summed E-state index contributed by atoms with van der Waals surface area (Å²) in [6, 6.07) is 0. The molecule has 4 heteroatoms. The smallest absolute Gasteiger partial charge is 0.153 e. The molecule has 0 amide bonds. The fourth-order valence-corrected chi connectivity index (χ4v) is 0.708. The van der Waals surface area contributed by atoms with Gasteiger partial charge in [0.2, 0.25) is 0 Å². The van der Waals surface area contributed by atoms with Crippen molar-refractivity contribution in [2.45, 2.75) is 13.8 Å². The zero-order valence-corrected chi connectivity index (χ0v) is 6.54. The van der Waals surface area contributed by atoms with Crippen molar-refractivity contribution >= 4 is 5.84 Å². The summed E-state index contributed by atoms with van der Waals surface area (Å²) in [5.74, 6) is 0.267. The van der Waals surface area contributed by atoms with Gasteiger partial charge in [-0.3, -0.25) is 4.90 Å². The van der Waals surface area contributed by atoms with Gasteiger partial charge in [0.15, 0.2) is 5.84 Å². The Hall–Kier alpha value is -0.770. The average Bonchev–Trinajstić information content (AvgIpc) is 1.99. The predicted octanol–water partition coefficient (Wildman–Crippen LogP) is 0.0746. The highest BCUT2D eigenvalue weighted by atomic mass is 16.4. The molecular weight excluding hydrogens is 130 g/mol. The molecule has 3 N–H and O–H groups in total. The molecule has 0 spiro atoms. The van der Waals surface area contributed by atoms with E-state index in [1.807, 2.05) is 13.8 Å². The molecule has 0 atom stereocenters. The minimum atomic E-state index is 0.267. The largest absolute Gasteiger partial charge is 0.409 e. The SMILES string of the molecule is CCN(CC)C/C(N)=N\O. The van der Waals surface area contributed by atoms with E-state index in [1.54, 1.807) is 0 Å². The van der Waals surface area contributed by atoms with E-state index in [9.17, 15) is 0 Å². The fourth-order valence-electron chi connectivity index (χ4n) is 0.708. The van der Waals surface area contributed by atoms with Crippen LogP contribution in [-0.2, 0) is 0 Å². The Kier molecular flexibility index (Phi) is 4.66. The Morgan fingerprint density at radius 3 is 2.30 bits per heavy atom. The molecule has 0 fully saturated rings. The van der Waals surface area contributed by atoms with Crippen LogP contribution in [-0.4, -0.2) is 35.6 Å². The van der Waals surface area contributed by atoms with E-state index in [0.29, 0.717) is 6.54 Å². The van der Waals surface area contributed by atoms with Crippen LogP contribution in [0.2, 0.25) is 0 Å². The van der Waals surface area contributed by atoms with Crippen LogP contribution in [0.25, 0.3) is 0 Å². The van der Waals surface area contributed by atoms with E-state index < -0.39 is 0 Å². The van der Waals surface area contributed by atoms with Gasteiger partial charge in [-0.2, -0.15) is 0 Å². The lowest BCUT2D eigenvalue weighted by molar-refractivity contribution is 0.304. The van der Waals surface area contributed by atoms with Crippen LogP contribution in [0.3, 0.4) is 0 Å². The van der Waals surface area contributed by atoms with E-state index >= 15 is 0 Å². The molecule has 0 saturated heterocycles. The molecule has 0 aromatic rings. The third-order valence-electron chi connectivity index (χ3n) is 1.41. The van der Waals surface area contributed by atoms with Gasteiger partial charge in [-0.1, -0.05) is 19.0 Å². The van der Waals surface area contributed by atoms with Gasteiger partial charge >= 0.3 is 0 Å². The van der Waals surface area contributed by atoms with Crippen LogP contribution in [0.5, 0.6) is 0 Å². The first-order valence-electron chi connectivity index (χ1n) is 3.43. The number of likely N-dealkylation sites (N-methyl/N-ethyl adjacent to an activating group) is 1. The van der Waals surface area contributed by atoms with Crippen molar-refractivity contribution in [2.75, 3.05) is 19.6 Å². The maximum Gasteiger partial charge on any atom is 0.153 e. The Balaban J connectivity index is 3.63. The van der Waals surface area contributed by atoms with E-state index in [0.717, 1.165) is 13.1 Å². The molecule has 0 aliphatic heterocycles. The van der Waals surface area contributed by atoms with Crippen molar-refractivity contribution in [2.24, 2.45) is 10.9 Å². The number of rotatable bonds is 4. The van der Waals surface area contributed by atoms with Gasteiger partial charge in [0, 0.05) is 0 Å². The fraction of sp³-hybridized carbons (Fsp3) is 0.833. The monoisotopic (exact) mass is 145 g/mol. The minimum absolute atomic E-state index is 0.267. The maximum atomic E-state index is 8.21.